The predicted octanol–water partition coefficient (Wildman–Crippen LogP) is -3.44. The Hall–Kier alpha value is -1.30. The maximum atomic E-state index is 11.0. The zero-order valence-corrected chi connectivity index (χ0v) is 11.1. The van der Waals surface area contributed by atoms with E-state index in [0.29, 0.717) is 0 Å². The number of carboxylic acids is 1. The van der Waals surface area contributed by atoms with E-state index in [9.17, 15) is 30.0 Å². The van der Waals surface area contributed by atoms with Crippen molar-refractivity contribution in [2.45, 2.75) is 49.7 Å². The number of hydrogen-bond acceptors (Lipinski definition) is 9. The Balaban J connectivity index is 3.08. The van der Waals surface area contributed by atoms with Crippen molar-refractivity contribution in [2.75, 3.05) is 6.61 Å². The summed E-state index contributed by atoms with van der Waals surface area (Å²) >= 11 is 0. The van der Waals surface area contributed by atoms with Gasteiger partial charge in [0.2, 0.25) is 0 Å². The molecule has 1 heterocycles. The van der Waals surface area contributed by atoms with Crippen LogP contribution in [0, 0.1) is 0 Å². The van der Waals surface area contributed by atoms with Gasteiger partial charge in [0, 0.05) is 13.3 Å². The van der Waals surface area contributed by atoms with E-state index in [4.69, 9.17) is 14.9 Å². The molecule has 0 aliphatic carbocycles. The largest absolute Gasteiger partial charge is 0.477 e. The van der Waals surface area contributed by atoms with Gasteiger partial charge in [0.25, 0.3) is 5.79 Å². The van der Waals surface area contributed by atoms with Gasteiger partial charge in [0.1, 0.15) is 18.3 Å². The lowest BCUT2D eigenvalue weighted by atomic mass is 9.91. The Bertz CT molecular complexity index is 398. The lowest BCUT2D eigenvalue weighted by molar-refractivity contribution is -0.313. The van der Waals surface area contributed by atoms with Gasteiger partial charge in [-0.1, -0.05) is 0 Å². The number of carbonyl (C=O) groups excluding carboxylic acids is 1. The van der Waals surface area contributed by atoms with Gasteiger partial charge < -0.3 is 40.1 Å². The molecule has 0 saturated carbocycles. The Morgan fingerprint density at radius 1 is 1.43 bits per heavy atom. The number of ether oxygens (including phenoxy) is 2. The van der Waals surface area contributed by atoms with Crippen molar-refractivity contribution >= 4 is 11.9 Å². The van der Waals surface area contributed by atoms with E-state index in [0.717, 1.165) is 6.92 Å². The molecule has 0 radical (unpaired) electrons. The van der Waals surface area contributed by atoms with E-state index in [-0.39, 0.29) is 0 Å². The van der Waals surface area contributed by atoms with Crippen molar-refractivity contribution < 1.29 is 49.7 Å². The van der Waals surface area contributed by atoms with E-state index in [1.165, 1.54) is 0 Å². The number of carbonyl (C=O) groups is 2. The van der Waals surface area contributed by atoms with Crippen molar-refractivity contribution in [1.82, 2.24) is 0 Å². The first-order chi connectivity index (χ1) is 9.62. The van der Waals surface area contributed by atoms with Crippen molar-refractivity contribution in [3.05, 3.63) is 0 Å². The molecule has 1 unspecified atom stereocenters. The summed E-state index contributed by atoms with van der Waals surface area (Å²) in [5.74, 6) is -5.54. The highest BCUT2D eigenvalue weighted by molar-refractivity contribution is 5.75. The highest BCUT2D eigenvalue weighted by Gasteiger charge is 2.54. The first-order valence-corrected chi connectivity index (χ1v) is 6.08. The third kappa shape index (κ3) is 3.87. The average Bonchev–Trinajstić information content (AvgIpc) is 2.39. The molecule has 6 N–H and O–H groups in total. The molecule has 6 atom stereocenters. The van der Waals surface area contributed by atoms with Crippen LogP contribution < -0.4 is 0 Å². The summed E-state index contributed by atoms with van der Waals surface area (Å²) in [6, 6.07) is 0. The summed E-state index contributed by atoms with van der Waals surface area (Å²) in [5, 5.41) is 56.6. The second-order valence-corrected chi connectivity index (χ2v) is 4.76. The zero-order valence-electron chi connectivity index (χ0n) is 11.1. The highest BCUT2D eigenvalue weighted by atomic mass is 16.7. The van der Waals surface area contributed by atoms with Crippen LogP contribution in [0.4, 0.5) is 0 Å². The first-order valence-electron chi connectivity index (χ1n) is 6.08. The molecule has 10 nitrogen and oxygen atoms in total. The Labute approximate surface area is 119 Å². The van der Waals surface area contributed by atoms with Crippen LogP contribution in [0.2, 0.25) is 0 Å². The second kappa shape index (κ2) is 6.64. The van der Waals surface area contributed by atoms with Crippen LogP contribution >= 0.6 is 0 Å². The molecule has 1 rings (SSSR count). The van der Waals surface area contributed by atoms with E-state index in [2.05, 4.69) is 4.74 Å². The SMILES string of the molecule is CC(=O)O[C@@H]([C@@H]1OC(O)(C(=O)O)C[C@H](O)[C@H]1O)[C@H](O)CO. The molecular weight excluding hydrogens is 292 g/mol. The number of esters is 1. The number of rotatable bonds is 5. The molecule has 21 heavy (non-hydrogen) atoms. The van der Waals surface area contributed by atoms with Gasteiger partial charge in [-0.2, -0.15) is 0 Å². The monoisotopic (exact) mass is 310 g/mol. The van der Waals surface area contributed by atoms with Crippen LogP contribution in [-0.2, 0) is 19.1 Å². The van der Waals surface area contributed by atoms with E-state index >= 15 is 0 Å². The van der Waals surface area contributed by atoms with Gasteiger partial charge in [-0.25, -0.2) is 4.79 Å². The highest BCUT2D eigenvalue weighted by Crippen LogP contribution is 2.31. The summed E-state index contributed by atoms with van der Waals surface area (Å²) in [4.78, 5) is 22.0. The fourth-order valence-corrected chi connectivity index (χ4v) is 2.03. The molecule has 0 amide bonds. The molecular formula is C11H18O10. The van der Waals surface area contributed by atoms with Crippen molar-refractivity contribution in [1.29, 1.82) is 0 Å². The molecule has 0 aromatic heterocycles. The van der Waals surface area contributed by atoms with E-state index in [1.807, 2.05) is 0 Å². The molecule has 0 spiro atoms. The molecule has 0 aromatic carbocycles. The fraction of sp³-hybridized carbons (Fsp3) is 0.818. The maximum Gasteiger partial charge on any atom is 0.364 e. The van der Waals surface area contributed by atoms with Gasteiger partial charge in [-0.15, -0.1) is 0 Å². The van der Waals surface area contributed by atoms with Crippen LogP contribution in [0.5, 0.6) is 0 Å². The summed E-state index contributed by atoms with van der Waals surface area (Å²) in [7, 11) is 0. The topological polar surface area (TPSA) is 174 Å². The fourth-order valence-electron chi connectivity index (χ4n) is 2.03. The van der Waals surface area contributed by atoms with E-state index < -0.39 is 61.3 Å². The number of aliphatic carboxylic acids is 1. The molecule has 1 aliphatic heterocycles. The van der Waals surface area contributed by atoms with Crippen molar-refractivity contribution in [3.63, 3.8) is 0 Å². The van der Waals surface area contributed by atoms with Gasteiger partial charge in [-0.05, 0) is 0 Å². The number of hydrogen-bond donors (Lipinski definition) is 6. The van der Waals surface area contributed by atoms with Crippen LogP contribution in [0.15, 0.2) is 0 Å². The predicted molar refractivity (Wildman–Crippen MR) is 62.7 cm³/mol. The Kier molecular flexibility index (Phi) is 5.61. The summed E-state index contributed by atoms with van der Waals surface area (Å²) in [6.07, 6.45) is -9.40. The minimum absolute atomic E-state index is 0.817. The standard InChI is InChI=1S/C11H18O10/c1-4(13)20-8(6(15)3-12)9-7(16)5(14)2-11(19,21-9)10(17)18/h5-9,12,14-16,19H,2-3H2,1H3,(H,17,18)/t5-,6+,7+,8+,9+,11?/m0/s1. The molecule has 0 bridgehead atoms. The van der Waals surface area contributed by atoms with Crippen molar-refractivity contribution in [2.24, 2.45) is 0 Å². The summed E-state index contributed by atoms with van der Waals surface area (Å²) in [5.41, 5.74) is 0. The molecule has 1 saturated heterocycles. The molecule has 1 fully saturated rings. The minimum Gasteiger partial charge on any atom is -0.477 e. The van der Waals surface area contributed by atoms with Gasteiger partial charge in [0.15, 0.2) is 6.10 Å². The van der Waals surface area contributed by atoms with E-state index in [1.54, 1.807) is 0 Å². The normalized spacial score (nSPS) is 35.8. The van der Waals surface area contributed by atoms with Crippen LogP contribution in [-0.4, -0.2) is 85.5 Å². The van der Waals surface area contributed by atoms with Gasteiger partial charge >= 0.3 is 11.9 Å². The first kappa shape index (κ1) is 17.8. The number of carboxylic acid groups (broad SMARTS) is 1. The maximum absolute atomic E-state index is 11.0. The molecule has 1 aliphatic rings. The third-order valence-electron chi connectivity index (χ3n) is 3.07. The summed E-state index contributed by atoms with van der Waals surface area (Å²) in [6.45, 7) is 0.0955. The Morgan fingerprint density at radius 2 is 2.00 bits per heavy atom. The van der Waals surface area contributed by atoms with Gasteiger partial charge in [0.05, 0.1) is 12.7 Å². The van der Waals surface area contributed by atoms with Gasteiger partial charge in [-0.3, -0.25) is 4.79 Å². The lowest BCUT2D eigenvalue weighted by Crippen LogP contribution is -2.63. The lowest BCUT2D eigenvalue weighted by Gasteiger charge is -2.43. The quantitative estimate of drug-likeness (QED) is 0.280. The average molecular weight is 310 g/mol. The van der Waals surface area contributed by atoms with Crippen LogP contribution in [0.25, 0.3) is 0 Å². The smallest absolute Gasteiger partial charge is 0.364 e. The van der Waals surface area contributed by atoms with Crippen molar-refractivity contribution in [3.8, 4) is 0 Å². The minimum atomic E-state index is -2.82. The summed E-state index contributed by atoms with van der Waals surface area (Å²) < 4.78 is 9.49. The third-order valence-corrected chi connectivity index (χ3v) is 3.07. The molecule has 122 valence electrons. The second-order valence-electron chi connectivity index (χ2n) is 4.76. The molecule has 0 aromatic rings. The van der Waals surface area contributed by atoms with Crippen LogP contribution in [0.1, 0.15) is 13.3 Å². The number of aliphatic hydroxyl groups is 5. The van der Waals surface area contributed by atoms with Crippen LogP contribution in [0.3, 0.4) is 0 Å². The Morgan fingerprint density at radius 3 is 2.43 bits per heavy atom. The zero-order chi connectivity index (χ0) is 16.4. The molecule has 10 heteroatoms. The number of aliphatic hydroxyl groups excluding tert-OH is 4.